The quantitative estimate of drug-likeness (QED) is 0.532. The van der Waals surface area contributed by atoms with Crippen LogP contribution in [0.25, 0.3) is 0 Å². The number of nitrogens with one attached hydrogen (secondary N) is 2. The fraction of sp³-hybridized carbons (Fsp3) is 0.550. The second kappa shape index (κ2) is 10.1. The highest BCUT2D eigenvalue weighted by Gasteiger charge is 2.24. The van der Waals surface area contributed by atoms with Crippen molar-refractivity contribution >= 4 is 5.96 Å². The third-order valence-electron chi connectivity index (χ3n) is 5.05. The van der Waals surface area contributed by atoms with Crippen molar-refractivity contribution in [1.82, 2.24) is 30.3 Å². The molecule has 152 valence electrons. The standard InChI is InChI=1S/C20H31N7O/c1-4-21-20(23-14-19-25-24-15-26(19)2)22-13-18(27-10-5-6-11-27)16-8-7-9-17(12-16)28-3/h7-9,12,15,18H,4-6,10-11,13-14H2,1-3H3,(H2,21,22,23). The topological polar surface area (TPSA) is 79.6 Å². The van der Waals surface area contributed by atoms with Gasteiger partial charge in [0, 0.05) is 20.1 Å². The molecule has 2 N–H and O–H groups in total. The van der Waals surface area contributed by atoms with Crippen molar-refractivity contribution in [3.63, 3.8) is 0 Å². The third kappa shape index (κ3) is 5.22. The van der Waals surface area contributed by atoms with Crippen LogP contribution in [-0.2, 0) is 13.6 Å². The molecule has 0 saturated carbocycles. The minimum absolute atomic E-state index is 0.274. The van der Waals surface area contributed by atoms with Crippen molar-refractivity contribution in [1.29, 1.82) is 0 Å². The summed E-state index contributed by atoms with van der Waals surface area (Å²) in [7, 11) is 3.64. The number of benzene rings is 1. The van der Waals surface area contributed by atoms with Crippen LogP contribution in [0.1, 0.15) is 37.2 Å². The molecule has 3 rings (SSSR count). The van der Waals surface area contributed by atoms with Crippen molar-refractivity contribution in [3.05, 3.63) is 42.0 Å². The number of hydrogen-bond acceptors (Lipinski definition) is 5. The van der Waals surface area contributed by atoms with Crippen molar-refractivity contribution in [2.45, 2.75) is 32.4 Å². The summed E-state index contributed by atoms with van der Waals surface area (Å²) in [6.07, 6.45) is 4.19. The molecule has 8 heteroatoms. The van der Waals surface area contributed by atoms with E-state index in [-0.39, 0.29) is 6.04 Å². The van der Waals surface area contributed by atoms with E-state index in [1.807, 2.05) is 17.7 Å². The number of methoxy groups -OCH3 is 1. The van der Waals surface area contributed by atoms with Gasteiger partial charge in [-0.1, -0.05) is 12.1 Å². The smallest absolute Gasteiger partial charge is 0.191 e. The Morgan fingerprint density at radius 2 is 2.11 bits per heavy atom. The summed E-state index contributed by atoms with van der Waals surface area (Å²) in [6, 6.07) is 8.64. The van der Waals surface area contributed by atoms with Crippen LogP contribution in [0.4, 0.5) is 0 Å². The first-order valence-electron chi connectivity index (χ1n) is 9.94. The number of ether oxygens (including phenoxy) is 1. The molecular weight excluding hydrogens is 354 g/mol. The Bertz CT molecular complexity index is 767. The van der Waals surface area contributed by atoms with Crippen molar-refractivity contribution < 1.29 is 4.74 Å². The van der Waals surface area contributed by atoms with E-state index < -0.39 is 0 Å². The summed E-state index contributed by atoms with van der Waals surface area (Å²) in [5.41, 5.74) is 1.26. The van der Waals surface area contributed by atoms with Crippen molar-refractivity contribution in [2.24, 2.45) is 12.0 Å². The van der Waals surface area contributed by atoms with Crippen LogP contribution >= 0.6 is 0 Å². The first kappa shape index (κ1) is 20.1. The maximum absolute atomic E-state index is 5.43. The van der Waals surface area contributed by atoms with Crippen LogP contribution < -0.4 is 15.4 Å². The Morgan fingerprint density at radius 1 is 1.29 bits per heavy atom. The van der Waals surface area contributed by atoms with Gasteiger partial charge < -0.3 is 19.9 Å². The summed E-state index contributed by atoms with van der Waals surface area (Å²) in [5, 5.41) is 14.9. The van der Waals surface area contributed by atoms with E-state index in [9.17, 15) is 0 Å². The monoisotopic (exact) mass is 385 g/mol. The van der Waals surface area contributed by atoms with Gasteiger partial charge in [-0.2, -0.15) is 0 Å². The fourth-order valence-electron chi connectivity index (χ4n) is 3.49. The van der Waals surface area contributed by atoms with E-state index in [0.29, 0.717) is 6.54 Å². The van der Waals surface area contributed by atoms with Crippen molar-refractivity contribution in [2.75, 3.05) is 33.3 Å². The number of likely N-dealkylation sites (tertiary alicyclic amines) is 1. The van der Waals surface area contributed by atoms with Gasteiger partial charge in [0.1, 0.15) is 18.6 Å². The van der Waals surface area contributed by atoms with E-state index in [2.05, 4.69) is 55.8 Å². The summed E-state index contributed by atoms with van der Waals surface area (Å²) in [6.45, 7) is 6.38. The second-order valence-electron chi connectivity index (χ2n) is 6.97. The molecule has 0 spiro atoms. The van der Waals surface area contributed by atoms with Crippen LogP contribution in [0.15, 0.2) is 35.6 Å². The summed E-state index contributed by atoms with van der Waals surface area (Å²) < 4.78 is 7.32. The normalized spacial score (nSPS) is 16.2. The van der Waals surface area contributed by atoms with Gasteiger partial charge in [-0.05, 0) is 50.6 Å². The maximum atomic E-state index is 5.43. The van der Waals surface area contributed by atoms with E-state index in [1.54, 1.807) is 13.4 Å². The molecule has 1 saturated heterocycles. The van der Waals surface area contributed by atoms with E-state index in [4.69, 9.17) is 4.74 Å². The van der Waals surface area contributed by atoms with Crippen LogP contribution in [0.3, 0.4) is 0 Å². The molecule has 2 heterocycles. The molecule has 2 aromatic rings. The molecule has 0 amide bonds. The molecule has 1 aliphatic rings. The number of aliphatic imine (C=N–C) groups is 1. The molecule has 1 aromatic carbocycles. The van der Waals surface area contributed by atoms with Gasteiger partial charge in [0.2, 0.25) is 0 Å². The zero-order valence-corrected chi connectivity index (χ0v) is 17.1. The fourth-order valence-corrected chi connectivity index (χ4v) is 3.49. The van der Waals surface area contributed by atoms with E-state index in [0.717, 1.165) is 43.7 Å². The first-order chi connectivity index (χ1) is 13.7. The minimum atomic E-state index is 0.274. The highest BCUT2D eigenvalue weighted by molar-refractivity contribution is 5.79. The van der Waals surface area contributed by atoms with Crippen LogP contribution in [0.2, 0.25) is 0 Å². The van der Waals surface area contributed by atoms with Gasteiger partial charge in [0.15, 0.2) is 11.8 Å². The molecule has 1 aromatic heterocycles. The Kier molecular flexibility index (Phi) is 7.25. The molecule has 1 fully saturated rings. The number of aromatic nitrogens is 3. The number of hydrogen-bond donors (Lipinski definition) is 2. The number of aryl methyl sites for hydroxylation is 1. The lowest BCUT2D eigenvalue weighted by atomic mass is 10.1. The Hall–Kier alpha value is -2.61. The van der Waals surface area contributed by atoms with Gasteiger partial charge >= 0.3 is 0 Å². The molecule has 28 heavy (non-hydrogen) atoms. The lowest BCUT2D eigenvalue weighted by molar-refractivity contribution is 0.245. The van der Waals surface area contributed by atoms with Crippen LogP contribution in [-0.4, -0.2) is 58.9 Å². The molecule has 8 nitrogen and oxygen atoms in total. The Balaban J connectivity index is 1.72. The molecule has 0 bridgehead atoms. The second-order valence-corrected chi connectivity index (χ2v) is 6.97. The Morgan fingerprint density at radius 3 is 2.79 bits per heavy atom. The van der Waals surface area contributed by atoms with E-state index in [1.165, 1.54) is 18.4 Å². The molecule has 0 aliphatic carbocycles. The molecule has 1 unspecified atom stereocenters. The number of guanidine groups is 1. The summed E-state index contributed by atoms with van der Waals surface area (Å²) >= 11 is 0. The highest BCUT2D eigenvalue weighted by Crippen LogP contribution is 2.27. The van der Waals surface area contributed by atoms with Crippen LogP contribution in [0, 0.1) is 0 Å². The summed E-state index contributed by atoms with van der Waals surface area (Å²) in [4.78, 5) is 7.21. The SMILES string of the molecule is CCNC(=NCc1nncn1C)NCC(c1cccc(OC)c1)N1CCCC1. The van der Waals surface area contributed by atoms with Gasteiger partial charge in [0.05, 0.1) is 13.2 Å². The average Bonchev–Trinajstić information content (AvgIpc) is 3.38. The largest absolute Gasteiger partial charge is 0.497 e. The molecule has 0 radical (unpaired) electrons. The lowest BCUT2D eigenvalue weighted by Crippen LogP contribution is -2.42. The summed E-state index contributed by atoms with van der Waals surface area (Å²) in [5.74, 6) is 2.52. The third-order valence-corrected chi connectivity index (χ3v) is 5.05. The van der Waals surface area contributed by atoms with Gasteiger partial charge in [-0.3, -0.25) is 4.90 Å². The van der Waals surface area contributed by atoms with Crippen molar-refractivity contribution in [3.8, 4) is 5.75 Å². The zero-order valence-electron chi connectivity index (χ0n) is 17.1. The van der Waals surface area contributed by atoms with E-state index >= 15 is 0 Å². The molecule has 1 aliphatic heterocycles. The van der Waals surface area contributed by atoms with Crippen LogP contribution in [0.5, 0.6) is 5.75 Å². The lowest BCUT2D eigenvalue weighted by Gasteiger charge is -2.29. The number of nitrogens with zero attached hydrogens (tertiary/aromatic N) is 5. The average molecular weight is 386 g/mol. The number of rotatable bonds is 8. The maximum Gasteiger partial charge on any atom is 0.191 e. The first-order valence-corrected chi connectivity index (χ1v) is 9.94. The van der Waals surface area contributed by atoms with Gasteiger partial charge in [0.25, 0.3) is 0 Å². The highest BCUT2D eigenvalue weighted by atomic mass is 16.5. The zero-order chi connectivity index (χ0) is 19.8. The van der Waals surface area contributed by atoms with Gasteiger partial charge in [-0.25, -0.2) is 4.99 Å². The Labute approximate surface area is 167 Å². The molecule has 1 atom stereocenters. The minimum Gasteiger partial charge on any atom is -0.497 e. The predicted molar refractivity (Wildman–Crippen MR) is 110 cm³/mol. The van der Waals surface area contributed by atoms with Gasteiger partial charge in [-0.15, -0.1) is 10.2 Å². The predicted octanol–water partition coefficient (Wildman–Crippen LogP) is 1.72. The molecular formula is C20H31N7O.